The predicted octanol–water partition coefficient (Wildman–Crippen LogP) is 3.86. The van der Waals surface area contributed by atoms with Gasteiger partial charge in [0.2, 0.25) is 0 Å². The molecule has 4 nitrogen and oxygen atoms in total. The fourth-order valence-corrected chi connectivity index (χ4v) is 2.19. The zero-order valence-corrected chi connectivity index (χ0v) is 14.2. The summed E-state index contributed by atoms with van der Waals surface area (Å²) in [6, 6.07) is 5.71. The Bertz CT molecular complexity index is 497. The molecule has 21 heavy (non-hydrogen) atoms. The standard InChI is InChI=1S/C16H21BrO4/c1-4-20-16(19)8-6-13(18)10-21-15-7-5-12(17)9-14(15)11(2)3/h5,7,9,11H,4,6,8,10H2,1-3H3. The first-order valence-electron chi connectivity index (χ1n) is 7.03. The van der Waals surface area contributed by atoms with E-state index in [0.717, 1.165) is 10.0 Å². The van der Waals surface area contributed by atoms with E-state index in [1.54, 1.807) is 6.92 Å². The van der Waals surface area contributed by atoms with Crippen molar-refractivity contribution in [2.24, 2.45) is 0 Å². The third-order valence-corrected chi connectivity index (χ3v) is 3.39. The molecule has 0 saturated heterocycles. The van der Waals surface area contributed by atoms with Gasteiger partial charge in [0.05, 0.1) is 13.0 Å². The molecule has 1 aromatic rings. The van der Waals surface area contributed by atoms with Crippen LogP contribution in [0.2, 0.25) is 0 Å². The summed E-state index contributed by atoms with van der Waals surface area (Å²) < 4.78 is 11.3. The van der Waals surface area contributed by atoms with E-state index in [1.807, 2.05) is 18.2 Å². The van der Waals surface area contributed by atoms with E-state index in [-0.39, 0.29) is 31.2 Å². The lowest BCUT2D eigenvalue weighted by atomic mass is 10.0. The van der Waals surface area contributed by atoms with Crippen molar-refractivity contribution < 1.29 is 19.1 Å². The molecule has 0 fully saturated rings. The molecule has 0 bridgehead atoms. The van der Waals surface area contributed by atoms with E-state index in [0.29, 0.717) is 18.3 Å². The summed E-state index contributed by atoms with van der Waals surface area (Å²) in [6.07, 6.45) is 0.250. The number of halogens is 1. The van der Waals surface area contributed by atoms with Crippen molar-refractivity contribution in [2.45, 2.75) is 39.5 Å². The second-order valence-electron chi connectivity index (χ2n) is 4.97. The number of Topliss-reactive ketones (excluding diaryl/α,β-unsaturated/α-hetero) is 1. The molecule has 0 aromatic heterocycles. The molecule has 0 radical (unpaired) electrons. The first-order chi connectivity index (χ1) is 9.93. The van der Waals surface area contributed by atoms with Crippen LogP contribution < -0.4 is 4.74 Å². The molecule has 0 amide bonds. The molecule has 0 aliphatic heterocycles. The number of benzene rings is 1. The smallest absolute Gasteiger partial charge is 0.306 e. The van der Waals surface area contributed by atoms with Gasteiger partial charge in [-0.05, 0) is 36.6 Å². The Morgan fingerprint density at radius 3 is 2.57 bits per heavy atom. The number of hydrogen-bond acceptors (Lipinski definition) is 4. The minimum Gasteiger partial charge on any atom is -0.486 e. The second-order valence-corrected chi connectivity index (χ2v) is 5.88. The van der Waals surface area contributed by atoms with Crippen molar-refractivity contribution in [2.75, 3.05) is 13.2 Å². The lowest BCUT2D eigenvalue weighted by molar-refractivity contribution is -0.144. The summed E-state index contributed by atoms with van der Waals surface area (Å²) in [4.78, 5) is 22.9. The number of esters is 1. The molecule has 0 aliphatic rings. The predicted molar refractivity (Wildman–Crippen MR) is 84.6 cm³/mol. The molecule has 0 spiro atoms. The Labute approximate surface area is 133 Å². The summed E-state index contributed by atoms with van der Waals surface area (Å²) >= 11 is 3.43. The molecule has 0 saturated carbocycles. The molecule has 0 atom stereocenters. The number of rotatable bonds is 8. The first-order valence-corrected chi connectivity index (χ1v) is 7.83. The van der Waals surface area contributed by atoms with E-state index in [4.69, 9.17) is 9.47 Å². The highest BCUT2D eigenvalue weighted by molar-refractivity contribution is 9.10. The monoisotopic (exact) mass is 356 g/mol. The minimum atomic E-state index is -0.350. The molecule has 1 aromatic carbocycles. The van der Waals surface area contributed by atoms with Gasteiger partial charge >= 0.3 is 5.97 Å². The molecule has 0 unspecified atom stereocenters. The van der Waals surface area contributed by atoms with Gasteiger partial charge in [-0.25, -0.2) is 0 Å². The first kappa shape index (κ1) is 17.7. The number of carbonyl (C=O) groups is 2. The van der Waals surface area contributed by atoms with Gasteiger partial charge in [0.25, 0.3) is 0 Å². The highest BCUT2D eigenvalue weighted by Gasteiger charge is 2.12. The number of ether oxygens (including phenoxy) is 2. The topological polar surface area (TPSA) is 52.6 Å². The SMILES string of the molecule is CCOC(=O)CCC(=O)COc1ccc(Br)cc1C(C)C. The van der Waals surface area contributed by atoms with Crippen LogP contribution in [0.25, 0.3) is 0 Å². The molecule has 0 aliphatic carbocycles. The molecule has 5 heteroatoms. The van der Waals surface area contributed by atoms with Gasteiger partial charge in [0, 0.05) is 10.9 Å². The lowest BCUT2D eigenvalue weighted by Gasteiger charge is -2.14. The Kier molecular flexibility index (Phi) is 7.43. The third kappa shape index (κ3) is 6.29. The van der Waals surface area contributed by atoms with E-state index >= 15 is 0 Å². The fraction of sp³-hybridized carbons (Fsp3) is 0.500. The maximum atomic E-state index is 11.7. The van der Waals surface area contributed by atoms with Crippen LogP contribution in [-0.4, -0.2) is 25.0 Å². The zero-order valence-electron chi connectivity index (χ0n) is 12.6. The Morgan fingerprint density at radius 2 is 1.95 bits per heavy atom. The highest BCUT2D eigenvalue weighted by atomic mass is 79.9. The molecule has 0 heterocycles. The van der Waals surface area contributed by atoms with E-state index in [2.05, 4.69) is 29.8 Å². The average Bonchev–Trinajstić information content (AvgIpc) is 2.44. The zero-order chi connectivity index (χ0) is 15.8. The van der Waals surface area contributed by atoms with Gasteiger partial charge in [-0.1, -0.05) is 29.8 Å². The van der Waals surface area contributed by atoms with Crippen LogP contribution in [0.1, 0.15) is 45.1 Å². The van der Waals surface area contributed by atoms with Crippen LogP contribution in [-0.2, 0) is 14.3 Å². The van der Waals surface area contributed by atoms with Crippen molar-refractivity contribution >= 4 is 27.7 Å². The lowest BCUT2D eigenvalue weighted by Crippen LogP contribution is -2.14. The van der Waals surface area contributed by atoms with Crippen molar-refractivity contribution in [3.63, 3.8) is 0 Å². The Hall–Kier alpha value is -1.36. The van der Waals surface area contributed by atoms with Gasteiger partial charge in [0.1, 0.15) is 12.4 Å². The van der Waals surface area contributed by atoms with Gasteiger partial charge in [-0.3, -0.25) is 9.59 Å². The largest absolute Gasteiger partial charge is 0.486 e. The molecule has 0 N–H and O–H groups in total. The van der Waals surface area contributed by atoms with Crippen LogP contribution in [0.4, 0.5) is 0 Å². The normalized spacial score (nSPS) is 10.5. The van der Waals surface area contributed by atoms with E-state index < -0.39 is 0 Å². The quantitative estimate of drug-likeness (QED) is 0.663. The summed E-state index contributed by atoms with van der Waals surface area (Å²) in [6.45, 7) is 6.18. The maximum Gasteiger partial charge on any atom is 0.306 e. The van der Waals surface area contributed by atoms with Crippen LogP contribution in [0.3, 0.4) is 0 Å². The summed E-state index contributed by atoms with van der Waals surface area (Å²) in [5.41, 5.74) is 1.04. The Balaban J connectivity index is 2.51. The molecule has 116 valence electrons. The average molecular weight is 357 g/mol. The molecular weight excluding hydrogens is 336 g/mol. The van der Waals surface area contributed by atoms with Crippen molar-refractivity contribution in [3.8, 4) is 5.75 Å². The van der Waals surface area contributed by atoms with Crippen LogP contribution in [0.15, 0.2) is 22.7 Å². The Morgan fingerprint density at radius 1 is 1.24 bits per heavy atom. The van der Waals surface area contributed by atoms with Gasteiger partial charge in [0.15, 0.2) is 5.78 Å². The summed E-state index contributed by atoms with van der Waals surface area (Å²) in [7, 11) is 0. The van der Waals surface area contributed by atoms with Crippen LogP contribution in [0, 0.1) is 0 Å². The second kappa shape index (κ2) is 8.82. The maximum absolute atomic E-state index is 11.7. The highest BCUT2D eigenvalue weighted by Crippen LogP contribution is 2.29. The van der Waals surface area contributed by atoms with Crippen molar-refractivity contribution in [1.29, 1.82) is 0 Å². The van der Waals surface area contributed by atoms with Crippen LogP contribution >= 0.6 is 15.9 Å². The number of carbonyl (C=O) groups excluding carboxylic acids is 2. The van der Waals surface area contributed by atoms with Gasteiger partial charge < -0.3 is 9.47 Å². The third-order valence-electron chi connectivity index (χ3n) is 2.90. The van der Waals surface area contributed by atoms with Crippen molar-refractivity contribution in [3.05, 3.63) is 28.2 Å². The van der Waals surface area contributed by atoms with E-state index in [1.165, 1.54) is 0 Å². The van der Waals surface area contributed by atoms with Gasteiger partial charge in [-0.2, -0.15) is 0 Å². The minimum absolute atomic E-state index is 0.0270. The van der Waals surface area contributed by atoms with E-state index in [9.17, 15) is 9.59 Å². The number of ketones is 1. The molecule has 1 rings (SSSR count). The summed E-state index contributed by atoms with van der Waals surface area (Å²) in [5, 5.41) is 0. The fourth-order valence-electron chi connectivity index (χ4n) is 1.81. The van der Waals surface area contributed by atoms with Crippen molar-refractivity contribution in [1.82, 2.24) is 0 Å². The molecular formula is C16H21BrO4. The van der Waals surface area contributed by atoms with Gasteiger partial charge in [-0.15, -0.1) is 0 Å². The van der Waals surface area contributed by atoms with Crippen LogP contribution in [0.5, 0.6) is 5.75 Å². The summed E-state index contributed by atoms with van der Waals surface area (Å²) in [5.74, 6) is 0.544. The number of hydrogen-bond donors (Lipinski definition) is 0.